The Labute approximate surface area is 224 Å². The van der Waals surface area contributed by atoms with Crippen molar-refractivity contribution < 1.29 is 22.6 Å². The van der Waals surface area contributed by atoms with E-state index in [1.54, 1.807) is 16.9 Å². The highest BCUT2D eigenvalue weighted by molar-refractivity contribution is 5.90. The number of nitrogens with one attached hydrogen (secondary N) is 2. The second-order valence-corrected chi connectivity index (χ2v) is 9.88. The largest absolute Gasteiger partial charge is 0.411 e. The fraction of sp³-hybridized carbons (Fsp3) is 0.640. The molecule has 3 aromatic rings. The summed E-state index contributed by atoms with van der Waals surface area (Å²) in [6.45, 7) is 2.58. The monoisotopic (exact) mass is 549 g/mol. The van der Waals surface area contributed by atoms with Gasteiger partial charge in [0.2, 0.25) is 5.95 Å². The number of halogens is 3. The maximum atomic E-state index is 12.6. The van der Waals surface area contributed by atoms with Gasteiger partial charge in [-0.3, -0.25) is 4.68 Å². The van der Waals surface area contributed by atoms with Crippen LogP contribution in [0.5, 0.6) is 0 Å². The summed E-state index contributed by atoms with van der Waals surface area (Å²) in [4.78, 5) is 20.0. The van der Waals surface area contributed by atoms with Crippen molar-refractivity contribution in [1.82, 2.24) is 35.0 Å². The molecular formula is C25H34F3N9O2. The van der Waals surface area contributed by atoms with Crippen molar-refractivity contribution in [1.29, 1.82) is 0 Å². The zero-order valence-corrected chi connectivity index (χ0v) is 21.8. The molecule has 3 aromatic heterocycles. The van der Waals surface area contributed by atoms with Gasteiger partial charge < -0.3 is 25.0 Å². The molecule has 0 spiro atoms. The molecule has 0 atom stereocenters. The minimum atomic E-state index is -4.40. The highest BCUT2D eigenvalue weighted by Gasteiger charge is 2.28. The van der Waals surface area contributed by atoms with Crippen molar-refractivity contribution in [2.75, 3.05) is 56.2 Å². The summed E-state index contributed by atoms with van der Waals surface area (Å²) in [6.07, 6.45) is 4.68. The van der Waals surface area contributed by atoms with Crippen molar-refractivity contribution in [2.24, 2.45) is 5.92 Å². The molecule has 2 aliphatic rings. The Hall–Kier alpha value is -3.10. The molecule has 1 aliphatic carbocycles. The third-order valence-electron chi connectivity index (χ3n) is 6.90. The third kappa shape index (κ3) is 7.51. The summed E-state index contributed by atoms with van der Waals surface area (Å²) in [7, 11) is 0. The SMILES string of the molecule is FC(F)(F)COCCn1nc(COCC2CCCCC2)c2nc(N3CCNCC3)nc(Nc3ccncn3)c21. The van der Waals surface area contributed by atoms with Crippen LogP contribution in [0.2, 0.25) is 0 Å². The highest BCUT2D eigenvalue weighted by Crippen LogP contribution is 2.30. The van der Waals surface area contributed by atoms with Gasteiger partial charge in [-0.05, 0) is 24.8 Å². The number of hydrogen-bond donors (Lipinski definition) is 2. The van der Waals surface area contributed by atoms with Crippen LogP contribution in [0.15, 0.2) is 18.6 Å². The molecule has 1 saturated carbocycles. The van der Waals surface area contributed by atoms with Crippen LogP contribution in [-0.2, 0) is 22.6 Å². The Kier molecular flexibility index (Phi) is 9.04. The van der Waals surface area contributed by atoms with E-state index in [2.05, 4.69) is 25.5 Å². The summed E-state index contributed by atoms with van der Waals surface area (Å²) in [5.41, 5.74) is 1.76. The van der Waals surface area contributed by atoms with Crippen molar-refractivity contribution in [3.63, 3.8) is 0 Å². The van der Waals surface area contributed by atoms with Crippen LogP contribution in [0.4, 0.5) is 30.8 Å². The van der Waals surface area contributed by atoms with E-state index in [9.17, 15) is 13.2 Å². The average Bonchev–Trinajstić information content (AvgIpc) is 3.30. The first-order valence-corrected chi connectivity index (χ1v) is 13.4. The van der Waals surface area contributed by atoms with Gasteiger partial charge in [0.1, 0.15) is 35.5 Å². The van der Waals surface area contributed by atoms with Gasteiger partial charge in [0.15, 0.2) is 5.82 Å². The molecule has 2 N–H and O–H groups in total. The first kappa shape index (κ1) is 27.5. The number of nitrogens with zero attached hydrogens (tertiary/aromatic N) is 7. The highest BCUT2D eigenvalue weighted by atomic mass is 19.4. The number of alkyl halides is 3. The van der Waals surface area contributed by atoms with E-state index in [0.717, 1.165) is 39.0 Å². The maximum Gasteiger partial charge on any atom is 0.411 e. The lowest BCUT2D eigenvalue weighted by Gasteiger charge is -2.27. The molecule has 2 fully saturated rings. The van der Waals surface area contributed by atoms with Crippen LogP contribution < -0.4 is 15.5 Å². The molecule has 11 nitrogen and oxygen atoms in total. The summed E-state index contributed by atoms with van der Waals surface area (Å²) >= 11 is 0. The molecular weight excluding hydrogens is 515 g/mol. The van der Waals surface area contributed by atoms with Crippen LogP contribution >= 0.6 is 0 Å². The lowest BCUT2D eigenvalue weighted by atomic mass is 9.90. The van der Waals surface area contributed by atoms with Crippen molar-refractivity contribution >= 4 is 28.6 Å². The van der Waals surface area contributed by atoms with E-state index >= 15 is 0 Å². The molecule has 5 rings (SSSR count). The summed E-state index contributed by atoms with van der Waals surface area (Å²) < 4.78 is 50.5. The normalized spacial score (nSPS) is 17.2. The van der Waals surface area contributed by atoms with Gasteiger partial charge in [-0.15, -0.1) is 0 Å². The van der Waals surface area contributed by atoms with Crippen LogP contribution in [0.3, 0.4) is 0 Å². The molecule has 1 aliphatic heterocycles. The quantitative estimate of drug-likeness (QED) is 0.345. The molecule has 0 amide bonds. The molecule has 39 heavy (non-hydrogen) atoms. The first-order valence-electron chi connectivity index (χ1n) is 13.4. The van der Waals surface area contributed by atoms with Crippen molar-refractivity contribution in [3.8, 4) is 0 Å². The van der Waals surface area contributed by atoms with E-state index in [1.807, 2.05) is 0 Å². The fourth-order valence-electron chi connectivity index (χ4n) is 4.99. The number of hydrogen-bond acceptors (Lipinski definition) is 10. The van der Waals surface area contributed by atoms with Gasteiger partial charge in [-0.1, -0.05) is 19.3 Å². The minimum Gasteiger partial charge on any atom is -0.375 e. The summed E-state index contributed by atoms with van der Waals surface area (Å²) in [5, 5.41) is 11.3. The number of ether oxygens (including phenoxy) is 2. The molecule has 1 saturated heterocycles. The Balaban J connectivity index is 1.47. The average molecular weight is 550 g/mol. The molecule has 0 bridgehead atoms. The number of fused-ring (bicyclic) bond motifs is 1. The van der Waals surface area contributed by atoms with E-state index in [1.165, 1.54) is 25.6 Å². The zero-order chi connectivity index (χ0) is 27.1. The zero-order valence-electron chi connectivity index (χ0n) is 21.8. The molecule has 14 heteroatoms. The van der Waals surface area contributed by atoms with E-state index < -0.39 is 12.8 Å². The molecule has 0 radical (unpaired) electrons. The second-order valence-electron chi connectivity index (χ2n) is 9.88. The number of rotatable bonds is 11. The number of aromatic nitrogens is 6. The standard InChI is InChI=1S/C25H34F3N9O2/c26-25(27,28)16-38-13-12-37-22-21(19(35-37)15-39-14-18-4-2-1-3-5-18)33-24(36-10-8-29-9-11-36)34-23(22)32-20-6-7-30-17-31-20/h6-7,17-18,29H,1-5,8-16H2,(H,30,31,32,33,34). The molecule has 4 heterocycles. The van der Waals surface area contributed by atoms with E-state index in [0.29, 0.717) is 46.8 Å². The third-order valence-corrected chi connectivity index (χ3v) is 6.90. The number of piperazine rings is 1. The molecule has 212 valence electrons. The summed E-state index contributed by atoms with van der Waals surface area (Å²) in [6, 6.07) is 1.71. The maximum absolute atomic E-state index is 12.6. The van der Waals surface area contributed by atoms with Crippen molar-refractivity contribution in [2.45, 2.75) is 51.4 Å². The fourth-order valence-corrected chi connectivity index (χ4v) is 4.99. The predicted molar refractivity (Wildman–Crippen MR) is 139 cm³/mol. The summed E-state index contributed by atoms with van der Waals surface area (Å²) in [5.74, 6) is 2.05. The van der Waals surface area contributed by atoms with Gasteiger partial charge in [-0.25, -0.2) is 15.0 Å². The van der Waals surface area contributed by atoms with Crippen LogP contribution in [0.25, 0.3) is 11.0 Å². The topological polar surface area (TPSA) is 115 Å². The van der Waals surface area contributed by atoms with Crippen LogP contribution in [0, 0.1) is 5.92 Å². The Bertz CT molecular complexity index is 1200. The Morgan fingerprint density at radius 2 is 1.90 bits per heavy atom. The van der Waals surface area contributed by atoms with Gasteiger partial charge in [0.25, 0.3) is 0 Å². The number of anilines is 3. The Morgan fingerprint density at radius 3 is 2.64 bits per heavy atom. The van der Waals surface area contributed by atoms with Gasteiger partial charge in [-0.2, -0.15) is 23.3 Å². The second kappa shape index (κ2) is 12.8. The molecule has 0 unspecified atom stereocenters. The van der Waals surface area contributed by atoms with Gasteiger partial charge in [0.05, 0.1) is 19.8 Å². The molecule has 0 aromatic carbocycles. The first-order chi connectivity index (χ1) is 19.0. The van der Waals surface area contributed by atoms with E-state index in [-0.39, 0.29) is 19.8 Å². The smallest absolute Gasteiger partial charge is 0.375 e. The van der Waals surface area contributed by atoms with Crippen LogP contribution in [0.1, 0.15) is 37.8 Å². The Morgan fingerprint density at radius 1 is 1.08 bits per heavy atom. The van der Waals surface area contributed by atoms with E-state index in [4.69, 9.17) is 24.5 Å². The van der Waals surface area contributed by atoms with Crippen LogP contribution in [-0.4, -0.2) is 81.9 Å². The van der Waals surface area contributed by atoms with Gasteiger partial charge >= 0.3 is 6.18 Å². The predicted octanol–water partition coefficient (Wildman–Crippen LogP) is 3.45. The lowest BCUT2D eigenvalue weighted by molar-refractivity contribution is -0.174. The minimum absolute atomic E-state index is 0.0873. The van der Waals surface area contributed by atoms with Gasteiger partial charge in [0, 0.05) is 39.0 Å². The van der Waals surface area contributed by atoms with Crippen molar-refractivity contribution in [3.05, 3.63) is 24.3 Å². The lowest BCUT2D eigenvalue weighted by Crippen LogP contribution is -2.44.